The van der Waals surface area contributed by atoms with E-state index in [2.05, 4.69) is 0 Å². The van der Waals surface area contributed by atoms with E-state index in [1.54, 1.807) is 18.2 Å². The molecule has 1 aliphatic rings. The molecule has 2 rings (SSSR count). The molecule has 1 aliphatic heterocycles. The van der Waals surface area contributed by atoms with Gasteiger partial charge in [0.05, 0.1) is 12.3 Å². The van der Waals surface area contributed by atoms with E-state index in [0.717, 1.165) is 6.29 Å². The maximum absolute atomic E-state index is 12.3. The molecule has 0 spiro atoms. The lowest BCUT2D eigenvalue weighted by Crippen LogP contribution is -2.37. The molecular formula is C15H19NO4. The number of rotatable bonds is 1. The quantitative estimate of drug-likeness (QED) is 0.740. The van der Waals surface area contributed by atoms with E-state index in [1.807, 2.05) is 20.8 Å². The first-order valence-electron chi connectivity index (χ1n) is 6.63. The van der Waals surface area contributed by atoms with Crippen molar-refractivity contribution in [2.75, 3.05) is 18.1 Å². The number of hydrogen-bond donors (Lipinski definition) is 0. The Morgan fingerprint density at radius 1 is 1.40 bits per heavy atom. The maximum Gasteiger partial charge on any atom is 0.414 e. The van der Waals surface area contributed by atoms with Gasteiger partial charge in [0.25, 0.3) is 0 Å². The Bertz CT molecular complexity index is 519. The summed E-state index contributed by atoms with van der Waals surface area (Å²) in [6.45, 7) is 6.50. The summed E-state index contributed by atoms with van der Waals surface area (Å²) < 4.78 is 11.0. The number of aldehydes is 1. The predicted octanol–water partition coefficient (Wildman–Crippen LogP) is 3.02. The van der Waals surface area contributed by atoms with Crippen molar-refractivity contribution < 1.29 is 19.1 Å². The molecular weight excluding hydrogens is 258 g/mol. The number of carbonyl (C=O) groups excluding carboxylic acids is 2. The van der Waals surface area contributed by atoms with Crippen molar-refractivity contribution >= 4 is 18.1 Å². The third kappa shape index (κ3) is 3.29. The normalized spacial score (nSPS) is 14.8. The van der Waals surface area contributed by atoms with Crippen molar-refractivity contribution in [1.82, 2.24) is 0 Å². The van der Waals surface area contributed by atoms with Crippen LogP contribution in [0.15, 0.2) is 18.2 Å². The van der Waals surface area contributed by atoms with Crippen molar-refractivity contribution in [3.05, 3.63) is 23.8 Å². The molecule has 0 unspecified atom stereocenters. The molecule has 1 heterocycles. The molecule has 1 amide bonds. The number of anilines is 1. The zero-order chi connectivity index (χ0) is 14.8. The van der Waals surface area contributed by atoms with Crippen LogP contribution in [-0.4, -0.2) is 31.1 Å². The van der Waals surface area contributed by atoms with Crippen LogP contribution in [0.25, 0.3) is 0 Å². The molecule has 0 radical (unpaired) electrons. The van der Waals surface area contributed by atoms with Crippen molar-refractivity contribution in [3.8, 4) is 5.75 Å². The van der Waals surface area contributed by atoms with Gasteiger partial charge in [-0.2, -0.15) is 0 Å². The van der Waals surface area contributed by atoms with Gasteiger partial charge in [-0.05, 0) is 45.4 Å². The standard InChI is InChI=1S/C15H19NO4/c1-15(2,3)20-14(18)16-7-4-8-19-13-6-5-11(10-17)9-12(13)16/h5-6,9-10H,4,7-8H2,1-3H3. The highest BCUT2D eigenvalue weighted by Gasteiger charge is 2.27. The minimum absolute atomic E-state index is 0.424. The average Bonchev–Trinajstić information content (AvgIpc) is 2.57. The Kier molecular flexibility index (Phi) is 3.97. The van der Waals surface area contributed by atoms with E-state index >= 15 is 0 Å². The second-order valence-corrected chi connectivity index (χ2v) is 5.68. The van der Waals surface area contributed by atoms with Gasteiger partial charge in [-0.1, -0.05) is 0 Å². The number of carbonyl (C=O) groups is 2. The Hall–Kier alpha value is -2.04. The summed E-state index contributed by atoms with van der Waals surface area (Å²) in [4.78, 5) is 24.7. The third-order valence-electron chi connectivity index (χ3n) is 2.81. The van der Waals surface area contributed by atoms with E-state index < -0.39 is 11.7 Å². The van der Waals surface area contributed by atoms with Gasteiger partial charge >= 0.3 is 6.09 Å². The van der Waals surface area contributed by atoms with Crippen LogP contribution in [0, 0.1) is 0 Å². The van der Waals surface area contributed by atoms with E-state index in [-0.39, 0.29) is 0 Å². The lowest BCUT2D eigenvalue weighted by molar-refractivity contribution is 0.0580. The van der Waals surface area contributed by atoms with E-state index in [4.69, 9.17) is 9.47 Å². The van der Waals surface area contributed by atoms with Crippen molar-refractivity contribution in [1.29, 1.82) is 0 Å². The highest BCUT2D eigenvalue weighted by Crippen LogP contribution is 2.32. The summed E-state index contributed by atoms with van der Waals surface area (Å²) in [6.07, 6.45) is 1.04. The average molecular weight is 277 g/mol. The minimum atomic E-state index is -0.563. The summed E-state index contributed by atoms with van der Waals surface area (Å²) in [7, 11) is 0. The molecule has 0 saturated heterocycles. The molecule has 0 atom stereocenters. The molecule has 1 aromatic rings. The van der Waals surface area contributed by atoms with Crippen molar-refractivity contribution in [2.45, 2.75) is 32.8 Å². The Morgan fingerprint density at radius 3 is 2.80 bits per heavy atom. The topological polar surface area (TPSA) is 55.8 Å². The molecule has 0 aromatic heterocycles. The Labute approximate surface area is 118 Å². The fourth-order valence-electron chi connectivity index (χ4n) is 1.97. The zero-order valence-corrected chi connectivity index (χ0v) is 12.0. The van der Waals surface area contributed by atoms with Crippen LogP contribution in [0.1, 0.15) is 37.6 Å². The second-order valence-electron chi connectivity index (χ2n) is 5.68. The Morgan fingerprint density at radius 2 is 2.15 bits per heavy atom. The summed E-state index contributed by atoms with van der Waals surface area (Å²) in [6, 6.07) is 5.03. The SMILES string of the molecule is CC(C)(C)OC(=O)N1CCCOc2ccc(C=O)cc21. The molecule has 0 aliphatic carbocycles. The molecule has 0 bridgehead atoms. The van der Waals surface area contributed by atoms with Gasteiger partial charge < -0.3 is 9.47 Å². The number of nitrogens with zero attached hydrogens (tertiary/aromatic N) is 1. The molecule has 108 valence electrons. The van der Waals surface area contributed by atoms with Crippen LogP contribution >= 0.6 is 0 Å². The first-order chi connectivity index (χ1) is 9.40. The van der Waals surface area contributed by atoms with Crippen LogP contribution < -0.4 is 9.64 Å². The van der Waals surface area contributed by atoms with Gasteiger partial charge in [-0.25, -0.2) is 4.79 Å². The smallest absolute Gasteiger partial charge is 0.414 e. The molecule has 5 nitrogen and oxygen atoms in total. The lowest BCUT2D eigenvalue weighted by Gasteiger charge is -2.27. The predicted molar refractivity (Wildman–Crippen MR) is 75.5 cm³/mol. The number of ether oxygens (including phenoxy) is 2. The first kappa shape index (κ1) is 14.4. The van der Waals surface area contributed by atoms with Crippen LogP contribution in [0.2, 0.25) is 0 Å². The lowest BCUT2D eigenvalue weighted by atomic mass is 10.2. The van der Waals surface area contributed by atoms with Crippen LogP contribution in [0.3, 0.4) is 0 Å². The molecule has 5 heteroatoms. The zero-order valence-electron chi connectivity index (χ0n) is 12.0. The fraction of sp³-hybridized carbons (Fsp3) is 0.467. The molecule has 0 fully saturated rings. The first-order valence-corrected chi connectivity index (χ1v) is 6.63. The molecule has 20 heavy (non-hydrogen) atoms. The van der Waals surface area contributed by atoms with E-state index in [9.17, 15) is 9.59 Å². The van der Waals surface area contributed by atoms with E-state index in [0.29, 0.717) is 36.6 Å². The van der Waals surface area contributed by atoms with Gasteiger partial charge in [0.2, 0.25) is 0 Å². The third-order valence-corrected chi connectivity index (χ3v) is 2.81. The van der Waals surface area contributed by atoms with Crippen LogP contribution in [-0.2, 0) is 4.74 Å². The summed E-state index contributed by atoms with van der Waals surface area (Å²) in [5.41, 5.74) is 0.524. The highest BCUT2D eigenvalue weighted by molar-refractivity contribution is 5.92. The summed E-state index contributed by atoms with van der Waals surface area (Å²) in [5.74, 6) is 0.596. The van der Waals surface area contributed by atoms with Gasteiger partial charge in [-0.3, -0.25) is 9.69 Å². The summed E-state index contributed by atoms with van der Waals surface area (Å²) >= 11 is 0. The largest absolute Gasteiger partial charge is 0.491 e. The van der Waals surface area contributed by atoms with E-state index in [1.165, 1.54) is 4.90 Å². The van der Waals surface area contributed by atoms with Crippen molar-refractivity contribution in [2.24, 2.45) is 0 Å². The van der Waals surface area contributed by atoms with Gasteiger partial charge in [-0.15, -0.1) is 0 Å². The van der Waals surface area contributed by atoms with Gasteiger partial charge in [0, 0.05) is 12.1 Å². The number of hydrogen-bond acceptors (Lipinski definition) is 4. The fourth-order valence-corrected chi connectivity index (χ4v) is 1.97. The Balaban J connectivity index is 2.35. The number of fused-ring (bicyclic) bond motifs is 1. The highest BCUT2D eigenvalue weighted by atomic mass is 16.6. The number of benzene rings is 1. The van der Waals surface area contributed by atoms with Crippen molar-refractivity contribution in [3.63, 3.8) is 0 Å². The minimum Gasteiger partial charge on any atom is -0.491 e. The van der Waals surface area contributed by atoms with Crippen LogP contribution in [0.4, 0.5) is 10.5 Å². The molecule has 0 N–H and O–H groups in total. The van der Waals surface area contributed by atoms with Gasteiger partial charge in [0.15, 0.2) is 0 Å². The van der Waals surface area contributed by atoms with Crippen LogP contribution in [0.5, 0.6) is 5.75 Å². The maximum atomic E-state index is 12.3. The van der Waals surface area contributed by atoms with Gasteiger partial charge in [0.1, 0.15) is 17.6 Å². The molecule has 0 saturated carbocycles. The number of amides is 1. The monoisotopic (exact) mass is 277 g/mol. The second kappa shape index (κ2) is 5.53. The summed E-state index contributed by atoms with van der Waals surface area (Å²) in [5, 5.41) is 0. The molecule has 1 aromatic carbocycles.